The highest BCUT2D eigenvalue weighted by Crippen LogP contribution is 2.25. The monoisotopic (exact) mass is 434 g/mol. The summed E-state index contributed by atoms with van der Waals surface area (Å²) in [7, 11) is 0. The van der Waals surface area contributed by atoms with Gasteiger partial charge in [-0.05, 0) is 37.5 Å². The predicted octanol–water partition coefficient (Wildman–Crippen LogP) is 3.68. The molecule has 3 N–H and O–H groups in total. The second-order valence-electron chi connectivity index (χ2n) is 7.33. The van der Waals surface area contributed by atoms with E-state index in [9.17, 15) is 9.59 Å². The summed E-state index contributed by atoms with van der Waals surface area (Å²) in [5.74, 6) is -0.238. The maximum absolute atomic E-state index is 12.4. The van der Waals surface area contributed by atoms with Crippen molar-refractivity contribution < 1.29 is 14.0 Å². The Kier molecular flexibility index (Phi) is 7.39. The molecule has 0 bridgehead atoms. The normalized spacial score (nSPS) is 11.7. The Hall–Kier alpha value is -3.93. The van der Waals surface area contributed by atoms with Crippen LogP contribution in [0, 0.1) is 11.3 Å². The molecule has 2 heterocycles. The number of carbonyl (C=O) groups is 2. The number of rotatable bonds is 9. The smallest absolute Gasteiger partial charge is 0.288 e. The second-order valence-corrected chi connectivity index (χ2v) is 7.33. The summed E-state index contributed by atoms with van der Waals surface area (Å²) in [5, 5.41) is 21.5. The van der Waals surface area contributed by atoms with Crippen LogP contribution < -0.4 is 10.6 Å². The van der Waals surface area contributed by atoms with Crippen molar-refractivity contribution >= 4 is 11.8 Å². The summed E-state index contributed by atoms with van der Waals surface area (Å²) in [6.45, 7) is 5.85. The number of H-pyrrole nitrogens is 1. The fourth-order valence-electron chi connectivity index (χ4n) is 3.13. The third kappa shape index (κ3) is 5.21. The van der Waals surface area contributed by atoms with Gasteiger partial charge in [-0.25, -0.2) is 4.98 Å². The number of aromatic amines is 1. The molecule has 9 heteroatoms. The van der Waals surface area contributed by atoms with Crippen molar-refractivity contribution in [3.05, 3.63) is 48.0 Å². The molecule has 0 aliphatic carbocycles. The van der Waals surface area contributed by atoms with Crippen LogP contribution in [-0.4, -0.2) is 39.1 Å². The molecule has 0 fully saturated rings. The molecule has 1 unspecified atom stereocenters. The Morgan fingerprint density at radius 3 is 2.53 bits per heavy atom. The van der Waals surface area contributed by atoms with E-state index in [2.05, 4.69) is 25.8 Å². The lowest BCUT2D eigenvalue weighted by atomic mass is 10.1. The minimum atomic E-state index is -0.563. The highest BCUT2D eigenvalue weighted by atomic mass is 16.4. The Morgan fingerprint density at radius 1 is 1.09 bits per heavy atom. The summed E-state index contributed by atoms with van der Waals surface area (Å²) in [6, 6.07) is 10.5. The Labute approximate surface area is 186 Å². The molecular weight excluding hydrogens is 408 g/mol. The van der Waals surface area contributed by atoms with Crippen LogP contribution >= 0.6 is 0 Å². The van der Waals surface area contributed by atoms with E-state index in [4.69, 9.17) is 9.68 Å². The van der Waals surface area contributed by atoms with E-state index in [0.717, 1.165) is 18.4 Å². The zero-order valence-electron chi connectivity index (χ0n) is 18.3. The number of hydrogen-bond donors (Lipinski definition) is 3. The first-order valence-corrected chi connectivity index (χ1v) is 10.6. The van der Waals surface area contributed by atoms with Gasteiger partial charge in [-0.3, -0.25) is 14.7 Å². The quantitative estimate of drug-likeness (QED) is 0.470. The van der Waals surface area contributed by atoms with E-state index in [1.165, 1.54) is 6.20 Å². The average Bonchev–Trinajstić information content (AvgIpc) is 3.51. The Bertz CT molecular complexity index is 1120. The molecular formula is C23H26N6O3. The number of benzene rings is 1. The maximum Gasteiger partial charge on any atom is 0.288 e. The number of carbonyl (C=O) groups excluding carboxylic acids is 2. The van der Waals surface area contributed by atoms with Crippen LogP contribution in [0.15, 0.2) is 40.9 Å². The number of amides is 2. The topological polar surface area (TPSA) is 137 Å². The summed E-state index contributed by atoms with van der Waals surface area (Å²) >= 11 is 0. The van der Waals surface area contributed by atoms with Gasteiger partial charge in [0.2, 0.25) is 11.7 Å². The third-order valence-corrected chi connectivity index (χ3v) is 5.15. The lowest BCUT2D eigenvalue weighted by Crippen LogP contribution is -2.33. The lowest BCUT2D eigenvalue weighted by molar-refractivity contribution is 0.0906. The molecule has 3 rings (SSSR count). The Balaban J connectivity index is 1.76. The number of nitrogens with zero attached hydrogens (tertiary/aromatic N) is 3. The standard InChI is InChI=1S/C23H26N6O3/c1-4-16(5-2)26-22(31)20-13-25-23(32-20)15-9-7-8-14(10-15)18-11-19(29-28-18)21(30)27-17(6-3)12-24/h7-11,13,16-17H,4-6H2,1-3H3,(H,26,31)(H,27,30)(H,28,29). The van der Waals surface area contributed by atoms with Crippen LogP contribution in [0.25, 0.3) is 22.7 Å². The highest BCUT2D eigenvalue weighted by Gasteiger charge is 2.18. The molecule has 9 nitrogen and oxygen atoms in total. The summed E-state index contributed by atoms with van der Waals surface area (Å²) in [5.41, 5.74) is 2.26. The van der Waals surface area contributed by atoms with E-state index in [-0.39, 0.29) is 23.4 Å². The molecule has 0 saturated heterocycles. The fraction of sp³-hybridized carbons (Fsp3) is 0.348. The molecule has 0 aliphatic heterocycles. The first-order valence-electron chi connectivity index (χ1n) is 10.6. The minimum Gasteiger partial charge on any atom is -0.431 e. The first-order chi connectivity index (χ1) is 15.5. The zero-order chi connectivity index (χ0) is 23.1. The lowest BCUT2D eigenvalue weighted by Gasteiger charge is -2.12. The van der Waals surface area contributed by atoms with Crippen LogP contribution in [0.1, 0.15) is 61.1 Å². The minimum absolute atomic E-state index is 0.0897. The summed E-state index contributed by atoms with van der Waals surface area (Å²) in [6.07, 6.45) is 3.60. The van der Waals surface area contributed by atoms with Gasteiger partial charge in [0, 0.05) is 17.2 Å². The van der Waals surface area contributed by atoms with Gasteiger partial charge in [0.15, 0.2) is 5.69 Å². The maximum atomic E-state index is 12.4. The fourth-order valence-corrected chi connectivity index (χ4v) is 3.13. The van der Waals surface area contributed by atoms with Gasteiger partial charge in [0.25, 0.3) is 11.8 Å². The molecule has 0 radical (unpaired) electrons. The van der Waals surface area contributed by atoms with Gasteiger partial charge in [0.05, 0.1) is 18.0 Å². The predicted molar refractivity (Wildman–Crippen MR) is 119 cm³/mol. The number of hydrogen-bond acceptors (Lipinski definition) is 6. The number of nitriles is 1. The van der Waals surface area contributed by atoms with E-state index >= 15 is 0 Å². The Morgan fingerprint density at radius 2 is 1.84 bits per heavy atom. The molecule has 1 aromatic carbocycles. The van der Waals surface area contributed by atoms with E-state index in [0.29, 0.717) is 23.6 Å². The molecule has 2 aromatic heterocycles. The summed E-state index contributed by atoms with van der Waals surface area (Å²) in [4.78, 5) is 28.9. The molecule has 1 atom stereocenters. The zero-order valence-corrected chi connectivity index (χ0v) is 18.3. The second kappa shape index (κ2) is 10.4. The summed E-state index contributed by atoms with van der Waals surface area (Å²) < 4.78 is 5.68. The molecule has 2 amide bonds. The van der Waals surface area contributed by atoms with Crippen molar-refractivity contribution in [3.8, 4) is 28.8 Å². The van der Waals surface area contributed by atoms with Crippen molar-refractivity contribution in [1.82, 2.24) is 25.8 Å². The van der Waals surface area contributed by atoms with Crippen molar-refractivity contribution in [2.24, 2.45) is 0 Å². The van der Waals surface area contributed by atoms with Crippen LogP contribution in [0.2, 0.25) is 0 Å². The number of aromatic nitrogens is 3. The highest BCUT2D eigenvalue weighted by molar-refractivity contribution is 5.94. The van der Waals surface area contributed by atoms with Crippen LogP contribution in [0.4, 0.5) is 0 Å². The molecule has 0 spiro atoms. The number of nitrogens with one attached hydrogen (secondary N) is 3. The molecule has 32 heavy (non-hydrogen) atoms. The van der Waals surface area contributed by atoms with Crippen molar-refractivity contribution in [2.45, 2.75) is 52.1 Å². The number of oxazole rings is 1. The van der Waals surface area contributed by atoms with Gasteiger partial charge < -0.3 is 15.1 Å². The first kappa shape index (κ1) is 22.7. The third-order valence-electron chi connectivity index (χ3n) is 5.15. The van der Waals surface area contributed by atoms with Gasteiger partial charge in [0.1, 0.15) is 6.04 Å². The molecule has 0 saturated carbocycles. The van der Waals surface area contributed by atoms with Gasteiger partial charge in [-0.2, -0.15) is 10.4 Å². The molecule has 0 aliphatic rings. The van der Waals surface area contributed by atoms with Gasteiger partial charge in [-0.15, -0.1) is 0 Å². The van der Waals surface area contributed by atoms with Crippen LogP contribution in [0.3, 0.4) is 0 Å². The van der Waals surface area contributed by atoms with Crippen LogP contribution in [-0.2, 0) is 0 Å². The average molecular weight is 435 g/mol. The van der Waals surface area contributed by atoms with Crippen molar-refractivity contribution in [3.63, 3.8) is 0 Å². The van der Waals surface area contributed by atoms with Crippen LogP contribution in [0.5, 0.6) is 0 Å². The van der Waals surface area contributed by atoms with Gasteiger partial charge in [-0.1, -0.05) is 32.9 Å². The SMILES string of the molecule is CCC(C#N)NC(=O)c1cc(-c2cccc(-c3ncc(C(=O)NC(CC)CC)o3)c2)[nH]n1. The van der Waals surface area contributed by atoms with Crippen molar-refractivity contribution in [2.75, 3.05) is 0 Å². The van der Waals surface area contributed by atoms with Crippen molar-refractivity contribution in [1.29, 1.82) is 5.26 Å². The molecule has 3 aromatic rings. The molecule has 166 valence electrons. The van der Waals surface area contributed by atoms with Gasteiger partial charge >= 0.3 is 0 Å². The largest absolute Gasteiger partial charge is 0.431 e. The van der Waals surface area contributed by atoms with E-state index in [1.807, 2.05) is 51.1 Å². The van der Waals surface area contributed by atoms with E-state index < -0.39 is 11.9 Å². The van der Waals surface area contributed by atoms with E-state index in [1.54, 1.807) is 6.07 Å².